The number of hydrogen-bond donors (Lipinski definition) is 0. The molecule has 72 valence electrons. The Morgan fingerprint density at radius 1 is 1.33 bits per heavy atom. The molecular weight excluding hydrogens is 152 g/mol. The highest BCUT2D eigenvalue weighted by molar-refractivity contribution is 4.94. The molecule has 2 aliphatic rings. The molecule has 2 rings (SSSR count). The topological polar surface area (TPSA) is 15.7 Å². The van der Waals surface area contributed by atoms with Gasteiger partial charge in [0.25, 0.3) is 0 Å². The maximum atomic E-state index is 5.52. The third kappa shape index (κ3) is 1.37. The number of ether oxygens (including phenoxy) is 1. The Balaban J connectivity index is 0.000000845. The van der Waals surface area contributed by atoms with Gasteiger partial charge in [-0.2, -0.15) is 0 Å². The first-order chi connectivity index (χ1) is 5.71. The maximum absolute atomic E-state index is 5.52. The highest BCUT2D eigenvalue weighted by Crippen LogP contribution is 2.23. The summed E-state index contributed by atoms with van der Waals surface area (Å²) in [5, 5.41) is 0. The van der Waals surface area contributed by atoms with Gasteiger partial charge < -0.3 is 9.64 Å². The smallest absolute Gasteiger partial charge is 0.0660 e. The average Bonchev–Trinajstić information content (AvgIpc) is 2.02. The number of morpholine rings is 1. The fourth-order valence-corrected chi connectivity index (χ4v) is 2.31. The predicted octanol–water partition coefficient (Wildman–Crippen LogP) is 0.269. The molecule has 0 aliphatic carbocycles. The van der Waals surface area contributed by atoms with E-state index in [2.05, 4.69) is 23.8 Å². The monoisotopic (exact) mass is 172 g/mol. The van der Waals surface area contributed by atoms with Crippen molar-refractivity contribution in [2.45, 2.75) is 12.5 Å². The van der Waals surface area contributed by atoms with Crippen LogP contribution in [0.4, 0.5) is 0 Å². The third-order valence-corrected chi connectivity index (χ3v) is 3.04. The van der Waals surface area contributed by atoms with Gasteiger partial charge in [-0.25, -0.2) is 0 Å². The van der Waals surface area contributed by atoms with Gasteiger partial charge in [0, 0.05) is 27.6 Å². The van der Waals surface area contributed by atoms with Crippen LogP contribution in [0.3, 0.4) is 0 Å². The summed E-state index contributed by atoms with van der Waals surface area (Å²) in [5.74, 6) is 0. The van der Waals surface area contributed by atoms with Crippen LogP contribution < -0.4 is 0 Å². The van der Waals surface area contributed by atoms with Crippen molar-refractivity contribution >= 4 is 0 Å². The van der Waals surface area contributed by atoms with E-state index >= 15 is 0 Å². The summed E-state index contributed by atoms with van der Waals surface area (Å²) >= 11 is 0. The van der Waals surface area contributed by atoms with E-state index in [1.165, 1.54) is 13.1 Å². The van der Waals surface area contributed by atoms with E-state index in [1.807, 2.05) is 0 Å². The summed E-state index contributed by atoms with van der Waals surface area (Å²) in [7, 11) is 2.19. The molecule has 0 amide bonds. The standard InChI is InChI=1S/C9H18N2O.H2/c1-9-7-10(2)3-4-11(9)5-6-12-8-9;/h3-8H2,1-2H3;1H. The van der Waals surface area contributed by atoms with Crippen molar-refractivity contribution in [2.75, 3.05) is 46.4 Å². The van der Waals surface area contributed by atoms with Crippen LogP contribution in [0.15, 0.2) is 0 Å². The van der Waals surface area contributed by atoms with Gasteiger partial charge in [-0.1, -0.05) is 0 Å². The minimum Gasteiger partial charge on any atom is -0.378 e. The lowest BCUT2D eigenvalue weighted by Gasteiger charge is -2.50. The minimum absolute atomic E-state index is 0. The molecule has 3 nitrogen and oxygen atoms in total. The molecule has 2 heterocycles. The Morgan fingerprint density at radius 2 is 2.17 bits per heavy atom. The fourth-order valence-electron chi connectivity index (χ4n) is 2.31. The maximum Gasteiger partial charge on any atom is 0.0660 e. The van der Waals surface area contributed by atoms with Crippen molar-refractivity contribution in [3.05, 3.63) is 0 Å². The van der Waals surface area contributed by atoms with Crippen LogP contribution in [-0.2, 0) is 4.74 Å². The molecule has 0 radical (unpaired) electrons. The van der Waals surface area contributed by atoms with Gasteiger partial charge in [0.05, 0.1) is 18.8 Å². The molecule has 3 heteroatoms. The lowest BCUT2D eigenvalue weighted by Crippen LogP contribution is -2.64. The zero-order valence-corrected chi connectivity index (χ0v) is 8.05. The van der Waals surface area contributed by atoms with Crippen molar-refractivity contribution in [3.8, 4) is 0 Å². The molecule has 2 aliphatic heterocycles. The Kier molecular flexibility index (Phi) is 2.10. The Morgan fingerprint density at radius 3 is 3.00 bits per heavy atom. The summed E-state index contributed by atoms with van der Waals surface area (Å²) in [5.41, 5.74) is 0.283. The van der Waals surface area contributed by atoms with Crippen molar-refractivity contribution in [3.63, 3.8) is 0 Å². The summed E-state index contributed by atoms with van der Waals surface area (Å²) in [6.07, 6.45) is 0. The molecule has 2 fully saturated rings. The molecule has 1 unspecified atom stereocenters. The Bertz CT molecular complexity index is 179. The number of hydrogen-bond acceptors (Lipinski definition) is 3. The van der Waals surface area contributed by atoms with Crippen LogP contribution >= 0.6 is 0 Å². The van der Waals surface area contributed by atoms with Crippen LogP contribution in [0.5, 0.6) is 0 Å². The number of piperazine rings is 1. The highest BCUT2D eigenvalue weighted by atomic mass is 16.5. The lowest BCUT2D eigenvalue weighted by molar-refractivity contribution is -0.0930. The first-order valence-corrected chi connectivity index (χ1v) is 4.72. The van der Waals surface area contributed by atoms with Crippen molar-refractivity contribution < 1.29 is 6.16 Å². The van der Waals surface area contributed by atoms with Gasteiger partial charge in [-0.15, -0.1) is 0 Å². The molecule has 12 heavy (non-hydrogen) atoms. The van der Waals surface area contributed by atoms with E-state index in [0.29, 0.717) is 0 Å². The zero-order valence-electron chi connectivity index (χ0n) is 8.05. The summed E-state index contributed by atoms with van der Waals surface area (Å²) in [4.78, 5) is 4.96. The van der Waals surface area contributed by atoms with Gasteiger partial charge >= 0.3 is 0 Å². The normalized spacial score (nSPS) is 39.5. The van der Waals surface area contributed by atoms with Gasteiger partial charge in [-0.3, -0.25) is 4.90 Å². The number of likely N-dealkylation sites (N-methyl/N-ethyl adjacent to an activating group) is 1. The predicted molar refractivity (Wildman–Crippen MR) is 50.4 cm³/mol. The average molecular weight is 172 g/mol. The molecule has 0 N–H and O–H groups in total. The SMILES string of the molecule is CN1CCN2CCOCC2(C)C1.[HH]. The molecule has 2 saturated heterocycles. The highest BCUT2D eigenvalue weighted by Gasteiger charge is 2.38. The van der Waals surface area contributed by atoms with Crippen LogP contribution in [0.2, 0.25) is 0 Å². The van der Waals surface area contributed by atoms with E-state index in [1.54, 1.807) is 0 Å². The van der Waals surface area contributed by atoms with Gasteiger partial charge in [-0.05, 0) is 14.0 Å². The van der Waals surface area contributed by atoms with Crippen LogP contribution in [0.1, 0.15) is 8.35 Å². The zero-order chi connectivity index (χ0) is 8.60. The molecule has 0 saturated carbocycles. The van der Waals surface area contributed by atoms with Crippen molar-refractivity contribution in [1.82, 2.24) is 9.80 Å². The van der Waals surface area contributed by atoms with Crippen LogP contribution in [-0.4, -0.2) is 61.8 Å². The van der Waals surface area contributed by atoms with Crippen molar-refractivity contribution in [1.29, 1.82) is 0 Å². The Labute approximate surface area is 75.8 Å². The molecule has 0 spiro atoms. The number of rotatable bonds is 0. The van der Waals surface area contributed by atoms with E-state index in [-0.39, 0.29) is 6.97 Å². The van der Waals surface area contributed by atoms with Gasteiger partial charge in [0.2, 0.25) is 0 Å². The summed E-state index contributed by atoms with van der Waals surface area (Å²) < 4.78 is 5.52. The van der Waals surface area contributed by atoms with Crippen LogP contribution in [0, 0.1) is 0 Å². The van der Waals surface area contributed by atoms with Gasteiger partial charge in [0.1, 0.15) is 0 Å². The van der Waals surface area contributed by atoms with Gasteiger partial charge in [0.15, 0.2) is 0 Å². The van der Waals surface area contributed by atoms with E-state index in [4.69, 9.17) is 4.74 Å². The largest absolute Gasteiger partial charge is 0.378 e. The minimum atomic E-state index is 0. The summed E-state index contributed by atoms with van der Waals surface area (Å²) in [6.45, 7) is 8.79. The molecule has 0 aromatic carbocycles. The Hall–Kier alpha value is -0.120. The lowest BCUT2D eigenvalue weighted by atomic mass is 9.96. The third-order valence-electron chi connectivity index (χ3n) is 3.04. The van der Waals surface area contributed by atoms with E-state index in [0.717, 1.165) is 26.3 Å². The molecule has 0 aromatic heterocycles. The summed E-state index contributed by atoms with van der Waals surface area (Å²) in [6, 6.07) is 0. The van der Waals surface area contributed by atoms with Crippen LogP contribution in [0.25, 0.3) is 0 Å². The number of fused-ring (bicyclic) bond motifs is 1. The first-order valence-electron chi connectivity index (χ1n) is 4.72. The quantitative estimate of drug-likeness (QED) is 0.521. The second-order valence-corrected chi connectivity index (χ2v) is 4.27. The van der Waals surface area contributed by atoms with E-state index in [9.17, 15) is 0 Å². The fraction of sp³-hybridized carbons (Fsp3) is 1.00. The molecule has 1 atom stereocenters. The van der Waals surface area contributed by atoms with E-state index < -0.39 is 0 Å². The molecular formula is C9H20N2O. The molecule has 0 aromatic rings. The second-order valence-electron chi connectivity index (χ2n) is 4.27. The second kappa shape index (κ2) is 2.98. The first kappa shape index (κ1) is 8.48. The number of nitrogens with zero attached hydrogens (tertiary/aromatic N) is 2. The molecule has 0 bridgehead atoms. The van der Waals surface area contributed by atoms with Crippen molar-refractivity contribution in [2.24, 2.45) is 0 Å².